The van der Waals surface area contributed by atoms with Crippen molar-refractivity contribution in [1.29, 1.82) is 0 Å². The summed E-state index contributed by atoms with van der Waals surface area (Å²) in [5, 5.41) is 0. The zero-order valence-electron chi connectivity index (χ0n) is 13.9. The highest BCUT2D eigenvalue weighted by Gasteiger charge is 2.36. The maximum absolute atomic E-state index is 14.1. The molecule has 2 aromatic rings. The third-order valence-corrected chi connectivity index (χ3v) is 4.48. The molecule has 0 heterocycles. The predicted octanol–water partition coefficient (Wildman–Crippen LogP) is 3.20. The summed E-state index contributed by atoms with van der Waals surface area (Å²) >= 11 is 0. The van der Waals surface area contributed by atoms with E-state index in [1.165, 1.54) is 19.1 Å². The molecule has 2 rings (SSSR count). The van der Waals surface area contributed by atoms with Gasteiger partial charge in [0.15, 0.2) is 28.0 Å². The molecule has 6 nitrogen and oxygen atoms in total. The monoisotopic (exact) mass is 408 g/mol. The number of hydrogen-bond acceptors (Lipinski definition) is 6. The van der Waals surface area contributed by atoms with Crippen molar-refractivity contribution in [3.05, 3.63) is 53.1 Å². The van der Waals surface area contributed by atoms with Gasteiger partial charge in [-0.15, -0.1) is 0 Å². The molecule has 0 unspecified atom stereocenters. The fourth-order valence-corrected chi connectivity index (χ4v) is 3.15. The minimum atomic E-state index is -5.41. The molecule has 0 saturated carbocycles. The van der Waals surface area contributed by atoms with Gasteiger partial charge in [0, 0.05) is 0 Å². The van der Waals surface area contributed by atoms with E-state index in [9.17, 15) is 30.8 Å². The highest BCUT2D eigenvalue weighted by molar-refractivity contribution is 7.87. The Kier molecular flexibility index (Phi) is 5.94. The molecule has 27 heavy (non-hydrogen) atoms. The smallest absolute Gasteiger partial charge is 0.345 e. The molecular weight excluding hydrogens is 396 g/mol. The van der Waals surface area contributed by atoms with Gasteiger partial charge in [-0.1, -0.05) is 12.1 Å². The van der Waals surface area contributed by atoms with Gasteiger partial charge in [-0.05, 0) is 19.1 Å². The average molecular weight is 408 g/mol. The van der Waals surface area contributed by atoms with Crippen LogP contribution in [0.25, 0.3) is 0 Å². The lowest BCUT2D eigenvalue weighted by atomic mass is 10.2. The average Bonchev–Trinajstić information content (AvgIpc) is 2.61. The van der Waals surface area contributed by atoms with Crippen LogP contribution in [0.4, 0.5) is 17.6 Å². The van der Waals surface area contributed by atoms with Crippen LogP contribution in [0.3, 0.4) is 0 Å². The Balaban J connectivity index is 2.59. The topological polar surface area (TPSA) is 78.9 Å². The molecule has 0 fully saturated rings. The van der Waals surface area contributed by atoms with Crippen LogP contribution < -0.4 is 8.92 Å². The number of ether oxygens (including phenoxy) is 2. The number of benzene rings is 2. The second-order valence-corrected chi connectivity index (χ2v) is 6.36. The molecular formula is C16H12F4O6S. The Hall–Kier alpha value is -2.82. The van der Waals surface area contributed by atoms with Gasteiger partial charge in [0.05, 0.1) is 13.7 Å². The lowest BCUT2D eigenvalue weighted by molar-refractivity contribution is 0.0524. The predicted molar refractivity (Wildman–Crippen MR) is 83.0 cm³/mol. The fourth-order valence-electron chi connectivity index (χ4n) is 2.07. The van der Waals surface area contributed by atoms with E-state index >= 15 is 0 Å². The Morgan fingerprint density at radius 2 is 1.56 bits per heavy atom. The Morgan fingerprint density at radius 1 is 1.00 bits per heavy atom. The zero-order valence-corrected chi connectivity index (χ0v) is 14.7. The second kappa shape index (κ2) is 7.82. The van der Waals surface area contributed by atoms with Gasteiger partial charge < -0.3 is 13.7 Å². The number of carbonyl (C=O) groups excluding carboxylic acids is 1. The quantitative estimate of drug-likeness (QED) is 0.316. The minimum absolute atomic E-state index is 0.0436. The first-order chi connectivity index (χ1) is 12.7. The van der Waals surface area contributed by atoms with E-state index in [1.54, 1.807) is 0 Å². The summed E-state index contributed by atoms with van der Waals surface area (Å²) in [4.78, 5) is 9.83. The van der Waals surface area contributed by atoms with Crippen LogP contribution in [0.15, 0.2) is 29.2 Å². The van der Waals surface area contributed by atoms with E-state index in [0.29, 0.717) is 0 Å². The van der Waals surface area contributed by atoms with Crippen molar-refractivity contribution in [2.75, 3.05) is 13.7 Å². The summed E-state index contributed by atoms with van der Waals surface area (Å²) in [6.45, 7) is 1.45. The number of methoxy groups -OCH3 is 1. The van der Waals surface area contributed by atoms with Crippen LogP contribution in [0, 0.1) is 23.3 Å². The first kappa shape index (κ1) is 20.5. The van der Waals surface area contributed by atoms with Gasteiger partial charge in [-0.3, -0.25) is 0 Å². The lowest BCUT2D eigenvalue weighted by Crippen LogP contribution is -2.18. The fraction of sp³-hybridized carbons (Fsp3) is 0.188. The maximum Gasteiger partial charge on any atom is 0.345 e. The largest absolute Gasteiger partial charge is 0.491 e. The van der Waals surface area contributed by atoms with Crippen LogP contribution >= 0.6 is 0 Å². The maximum atomic E-state index is 14.1. The molecule has 2 aromatic carbocycles. The summed E-state index contributed by atoms with van der Waals surface area (Å²) in [5.41, 5.74) is -0.377. The van der Waals surface area contributed by atoms with Gasteiger partial charge in [-0.2, -0.15) is 17.2 Å². The molecule has 0 aliphatic heterocycles. The Labute approximate surface area is 151 Å². The second-order valence-electron chi connectivity index (χ2n) is 4.87. The van der Waals surface area contributed by atoms with Crippen LogP contribution in [-0.2, 0) is 14.9 Å². The van der Waals surface area contributed by atoms with Gasteiger partial charge in [0.25, 0.3) is 0 Å². The summed E-state index contributed by atoms with van der Waals surface area (Å²) in [7, 11) is -4.67. The van der Waals surface area contributed by atoms with Gasteiger partial charge in [0.1, 0.15) is 5.56 Å². The zero-order chi connectivity index (χ0) is 20.4. The van der Waals surface area contributed by atoms with Gasteiger partial charge in [0.2, 0.25) is 11.6 Å². The molecule has 11 heteroatoms. The number of carbonyl (C=O) groups is 1. The van der Waals surface area contributed by atoms with E-state index in [0.717, 1.165) is 19.2 Å². The highest BCUT2D eigenvalue weighted by atomic mass is 32.2. The molecule has 0 aliphatic rings. The first-order valence-electron chi connectivity index (χ1n) is 7.26. The summed E-state index contributed by atoms with van der Waals surface area (Å²) in [6.07, 6.45) is 0. The molecule has 0 saturated heterocycles. The third kappa shape index (κ3) is 3.82. The molecule has 0 aliphatic carbocycles. The van der Waals surface area contributed by atoms with E-state index in [-0.39, 0.29) is 12.2 Å². The lowest BCUT2D eigenvalue weighted by Gasteiger charge is -2.13. The van der Waals surface area contributed by atoms with Gasteiger partial charge in [-0.25, -0.2) is 13.6 Å². The molecule has 0 spiro atoms. The van der Waals surface area contributed by atoms with E-state index in [4.69, 9.17) is 4.74 Å². The van der Waals surface area contributed by atoms with E-state index < -0.39 is 55.8 Å². The molecule has 146 valence electrons. The number of halogens is 4. The van der Waals surface area contributed by atoms with Crippen LogP contribution in [0.2, 0.25) is 0 Å². The van der Waals surface area contributed by atoms with Gasteiger partial charge >= 0.3 is 16.1 Å². The Bertz CT molecular complexity index is 962. The van der Waals surface area contributed by atoms with Crippen LogP contribution in [-0.4, -0.2) is 28.1 Å². The summed E-state index contributed by atoms with van der Waals surface area (Å²) in [5.74, 6) is -11.6. The van der Waals surface area contributed by atoms with Crippen molar-refractivity contribution in [1.82, 2.24) is 0 Å². The van der Waals surface area contributed by atoms with E-state index in [1.807, 2.05) is 0 Å². The first-order valence-corrected chi connectivity index (χ1v) is 8.67. The number of rotatable bonds is 6. The molecule has 0 bridgehead atoms. The molecule has 0 amide bonds. The standard InChI is InChI=1S/C16H12F4O6S/c1-3-25-16(21)8-6-4-5-7-9(8)26-27(22,23)15-12(19)10(17)14(24-2)11(18)13(15)20/h4-7H,3H2,1-2H3. The molecule has 0 N–H and O–H groups in total. The molecule has 0 atom stereocenters. The van der Waals surface area contributed by atoms with Crippen molar-refractivity contribution in [3.8, 4) is 11.5 Å². The molecule has 0 radical (unpaired) electrons. The van der Waals surface area contributed by atoms with Crippen LogP contribution in [0.1, 0.15) is 17.3 Å². The normalized spacial score (nSPS) is 11.2. The summed E-state index contributed by atoms with van der Waals surface area (Å²) < 4.78 is 93.6. The SMILES string of the molecule is CCOC(=O)c1ccccc1OS(=O)(=O)c1c(F)c(F)c(OC)c(F)c1F. The Morgan fingerprint density at radius 3 is 2.07 bits per heavy atom. The number of para-hydroxylation sites is 1. The van der Waals surface area contributed by atoms with Crippen molar-refractivity contribution >= 4 is 16.1 Å². The number of esters is 1. The van der Waals surface area contributed by atoms with Crippen molar-refractivity contribution in [2.24, 2.45) is 0 Å². The van der Waals surface area contributed by atoms with Crippen molar-refractivity contribution in [3.63, 3.8) is 0 Å². The summed E-state index contributed by atoms with van der Waals surface area (Å²) in [6, 6.07) is 4.73. The van der Waals surface area contributed by atoms with Crippen molar-refractivity contribution < 1.29 is 44.4 Å². The van der Waals surface area contributed by atoms with Crippen LogP contribution in [0.5, 0.6) is 11.5 Å². The molecule has 0 aromatic heterocycles. The third-order valence-electron chi connectivity index (χ3n) is 3.22. The highest BCUT2D eigenvalue weighted by Crippen LogP contribution is 2.34. The minimum Gasteiger partial charge on any atom is -0.491 e. The van der Waals surface area contributed by atoms with Crippen molar-refractivity contribution in [2.45, 2.75) is 11.8 Å². The van der Waals surface area contributed by atoms with E-state index in [2.05, 4.69) is 8.92 Å². The number of hydrogen-bond donors (Lipinski definition) is 0.